The van der Waals surface area contributed by atoms with Crippen LogP contribution in [0, 0.1) is 17.5 Å². The molecule has 0 unspecified atom stereocenters. The molecular formula is C24H22ClF3N6O4S. The Morgan fingerprint density at radius 1 is 1.15 bits per heavy atom. The molecular weight excluding hydrogens is 561 g/mol. The lowest BCUT2D eigenvalue weighted by Gasteiger charge is -2.14. The summed E-state index contributed by atoms with van der Waals surface area (Å²) < 4.78 is 78.7. The number of hydrogen-bond acceptors (Lipinski definition) is 7. The van der Waals surface area contributed by atoms with E-state index < -0.39 is 55.1 Å². The number of pyridine rings is 1. The topological polar surface area (TPSA) is 129 Å². The Labute approximate surface area is 226 Å². The maximum atomic E-state index is 15.5. The average Bonchev–Trinajstić information content (AvgIpc) is 3.32. The van der Waals surface area contributed by atoms with Crippen molar-refractivity contribution >= 4 is 44.1 Å². The van der Waals surface area contributed by atoms with E-state index in [1.807, 2.05) is 23.7 Å². The van der Waals surface area contributed by atoms with Gasteiger partial charge in [0.1, 0.15) is 17.0 Å². The molecule has 206 valence electrons. The second kappa shape index (κ2) is 11.1. The zero-order chi connectivity index (χ0) is 28.5. The van der Waals surface area contributed by atoms with Crippen molar-refractivity contribution in [3.05, 3.63) is 64.7 Å². The van der Waals surface area contributed by atoms with Crippen molar-refractivity contribution in [1.29, 1.82) is 0 Å². The van der Waals surface area contributed by atoms with E-state index in [9.17, 15) is 17.6 Å². The number of hydrogen-bond donors (Lipinski definition) is 3. The molecule has 1 amide bonds. The molecule has 0 saturated heterocycles. The fourth-order valence-electron chi connectivity index (χ4n) is 3.73. The highest BCUT2D eigenvalue weighted by Gasteiger charge is 2.27. The van der Waals surface area contributed by atoms with E-state index in [0.717, 1.165) is 30.5 Å². The van der Waals surface area contributed by atoms with Gasteiger partial charge < -0.3 is 15.0 Å². The van der Waals surface area contributed by atoms with E-state index in [-0.39, 0.29) is 27.5 Å². The number of benzene rings is 2. The minimum atomic E-state index is -4.52. The van der Waals surface area contributed by atoms with Gasteiger partial charge in [-0.2, -0.15) is 5.10 Å². The normalized spacial score (nSPS) is 11.7. The third-order valence-electron chi connectivity index (χ3n) is 5.61. The van der Waals surface area contributed by atoms with Crippen LogP contribution in [0.5, 0.6) is 5.88 Å². The summed E-state index contributed by atoms with van der Waals surface area (Å²) in [4.78, 5) is 17.6. The molecule has 2 heterocycles. The Kier molecular flexibility index (Phi) is 7.99. The zero-order valence-electron chi connectivity index (χ0n) is 20.8. The summed E-state index contributed by atoms with van der Waals surface area (Å²) in [5.74, 6) is -4.51. The minimum Gasteiger partial charge on any atom is -0.480 e. The van der Waals surface area contributed by atoms with Crippen LogP contribution >= 0.6 is 11.6 Å². The highest BCUT2D eigenvalue weighted by Crippen LogP contribution is 2.36. The molecule has 4 rings (SSSR count). The number of fused-ring (bicyclic) bond motifs is 1. The molecule has 0 bridgehead atoms. The molecule has 0 aliphatic carbocycles. The van der Waals surface area contributed by atoms with Crippen molar-refractivity contribution in [1.82, 2.24) is 25.4 Å². The number of carbonyl (C=O) groups is 1. The highest BCUT2D eigenvalue weighted by atomic mass is 35.5. The summed E-state index contributed by atoms with van der Waals surface area (Å²) in [5.41, 5.74) is -2.40. The monoisotopic (exact) mass is 582 g/mol. The summed E-state index contributed by atoms with van der Waals surface area (Å²) in [6.45, 7) is 0.888. The van der Waals surface area contributed by atoms with Gasteiger partial charge in [0.25, 0.3) is 15.9 Å². The third-order valence-corrected chi connectivity index (χ3v) is 7.18. The number of aromatic nitrogens is 3. The molecule has 0 atom stereocenters. The lowest BCUT2D eigenvalue weighted by molar-refractivity contribution is 0.0947. The number of ether oxygens (including phenoxy) is 1. The Morgan fingerprint density at radius 2 is 1.90 bits per heavy atom. The molecule has 15 heteroatoms. The standard InChI is InChI=1S/C24H22ClF3N6O4S/c1-34(2)9-8-29-23(35)22-14-5-4-13(19(27)21(14)31-32-22)18-15(26)6-7-16(20(18)28)33-39(36,37)17-10-12(25)11-30-24(17)38-3/h4-7,10-11,33H,8-9H2,1-3H3,(H,29,35)(H,31,32). The number of nitrogens with zero attached hydrogens (tertiary/aromatic N) is 3. The van der Waals surface area contributed by atoms with E-state index in [4.69, 9.17) is 16.3 Å². The largest absolute Gasteiger partial charge is 0.480 e. The van der Waals surface area contributed by atoms with Gasteiger partial charge in [-0.15, -0.1) is 0 Å². The molecule has 2 aromatic heterocycles. The third kappa shape index (κ3) is 5.62. The Balaban J connectivity index is 1.72. The first-order valence-corrected chi connectivity index (χ1v) is 13.1. The van der Waals surface area contributed by atoms with E-state index in [1.165, 1.54) is 13.2 Å². The second-order valence-corrected chi connectivity index (χ2v) is 10.6. The van der Waals surface area contributed by atoms with Crippen LogP contribution in [0.4, 0.5) is 18.9 Å². The molecule has 39 heavy (non-hydrogen) atoms. The van der Waals surface area contributed by atoms with Crippen molar-refractivity contribution in [3.63, 3.8) is 0 Å². The fourth-order valence-corrected chi connectivity index (χ4v) is 5.15. The molecule has 0 aliphatic heterocycles. The van der Waals surface area contributed by atoms with Crippen LogP contribution in [0.15, 0.2) is 41.4 Å². The SMILES string of the molecule is COc1ncc(Cl)cc1S(=O)(=O)Nc1ccc(F)c(-c2ccc3c(C(=O)NCCN(C)C)[nH]nc3c2F)c1F. The molecule has 2 aromatic carbocycles. The lowest BCUT2D eigenvalue weighted by Crippen LogP contribution is -2.31. The van der Waals surface area contributed by atoms with Gasteiger partial charge in [0.2, 0.25) is 5.88 Å². The maximum absolute atomic E-state index is 15.5. The summed E-state index contributed by atoms with van der Waals surface area (Å²) in [6, 6.07) is 5.03. The summed E-state index contributed by atoms with van der Waals surface area (Å²) >= 11 is 5.85. The molecule has 10 nitrogen and oxygen atoms in total. The average molecular weight is 583 g/mol. The number of rotatable bonds is 9. The minimum absolute atomic E-state index is 0.0271. The van der Waals surface area contributed by atoms with Gasteiger partial charge in [-0.1, -0.05) is 17.7 Å². The predicted octanol–water partition coefficient (Wildman–Crippen LogP) is 3.80. The van der Waals surface area contributed by atoms with Crippen LogP contribution in [0.1, 0.15) is 10.5 Å². The van der Waals surface area contributed by atoms with Crippen molar-refractivity contribution < 1.29 is 31.1 Å². The van der Waals surface area contributed by atoms with Gasteiger partial charge in [0, 0.05) is 30.2 Å². The van der Waals surface area contributed by atoms with Crippen LogP contribution < -0.4 is 14.8 Å². The summed E-state index contributed by atoms with van der Waals surface area (Å²) in [6.07, 6.45) is 1.16. The number of sulfonamides is 1. The van der Waals surface area contributed by atoms with Crippen LogP contribution in [0.25, 0.3) is 22.0 Å². The quantitative estimate of drug-likeness (QED) is 0.274. The van der Waals surface area contributed by atoms with Gasteiger partial charge in [-0.05, 0) is 38.4 Å². The van der Waals surface area contributed by atoms with Gasteiger partial charge in [0.15, 0.2) is 16.5 Å². The Bertz CT molecular complexity index is 1680. The van der Waals surface area contributed by atoms with Crippen molar-refractivity contribution in [2.24, 2.45) is 0 Å². The number of amides is 1. The van der Waals surface area contributed by atoms with Crippen molar-refractivity contribution in [3.8, 4) is 17.0 Å². The number of anilines is 1. The number of aromatic amines is 1. The number of methoxy groups -OCH3 is 1. The smallest absolute Gasteiger partial charge is 0.269 e. The number of likely N-dealkylation sites (N-methyl/N-ethyl adjacent to an activating group) is 1. The summed E-state index contributed by atoms with van der Waals surface area (Å²) in [7, 11) is 0.322. The number of H-pyrrole nitrogens is 1. The van der Waals surface area contributed by atoms with Crippen molar-refractivity contribution in [2.75, 3.05) is 39.0 Å². The molecule has 4 aromatic rings. The Hall–Kier alpha value is -3.88. The van der Waals surface area contributed by atoms with Gasteiger partial charge in [0.05, 0.1) is 23.4 Å². The van der Waals surface area contributed by atoms with E-state index in [2.05, 4.69) is 20.5 Å². The van der Waals surface area contributed by atoms with Gasteiger partial charge in [-0.25, -0.2) is 26.6 Å². The first kappa shape index (κ1) is 28.1. The second-order valence-electron chi connectivity index (χ2n) is 8.53. The molecule has 0 fully saturated rings. The maximum Gasteiger partial charge on any atom is 0.269 e. The Morgan fingerprint density at radius 3 is 2.59 bits per heavy atom. The lowest BCUT2D eigenvalue weighted by atomic mass is 10.0. The molecule has 0 aliphatic rings. The molecule has 0 radical (unpaired) electrons. The van der Waals surface area contributed by atoms with Crippen LogP contribution in [-0.4, -0.2) is 68.7 Å². The predicted molar refractivity (Wildman–Crippen MR) is 139 cm³/mol. The number of halogens is 4. The van der Waals surface area contributed by atoms with Crippen LogP contribution in [0.2, 0.25) is 5.02 Å². The van der Waals surface area contributed by atoms with Gasteiger partial charge in [-0.3, -0.25) is 14.6 Å². The number of carbonyl (C=O) groups excluding carboxylic acids is 1. The number of nitrogens with one attached hydrogen (secondary N) is 3. The molecule has 0 saturated carbocycles. The van der Waals surface area contributed by atoms with E-state index in [1.54, 1.807) is 0 Å². The highest BCUT2D eigenvalue weighted by molar-refractivity contribution is 7.92. The molecule has 0 spiro atoms. The first-order valence-electron chi connectivity index (χ1n) is 11.2. The first-order chi connectivity index (χ1) is 18.4. The van der Waals surface area contributed by atoms with Crippen molar-refractivity contribution in [2.45, 2.75) is 4.90 Å². The fraction of sp³-hybridized carbons (Fsp3) is 0.208. The van der Waals surface area contributed by atoms with Crippen LogP contribution in [0.3, 0.4) is 0 Å². The zero-order valence-corrected chi connectivity index (χ0v) is 22.3. The molecule has 3 N–H and O–H groups in total. The van der Waals surface area contributed by atoms with Crippen LogP contribution in [-0.2, 0) is 10.0 Å². The van der Waals surface area contributed by atoms with E-state index >= 15 is 8.78 Å². The summed E-state index contributed by atoms with van der Waals surface area (Å²) in [5, 5.41) is 9.00. The van der Waals surface area contributed by atoms with E-state index in [0.29, 0.717) is 13.1 Å². The van der Waals surface area contributed by atoms with Gasteiger partial charge >= 0.3 is 0 Å².